The van der Waals surface area contributed by atoms with Crippen LogP contribution in [0.3, 0.4) is 0 Å². The second-order valence-electron chi connectivity index (χ2n) is 3.74. The lowest BCUT2D eigenvalue weighted by molar-refractivity contribution is 0.300. The van der Waals surface area contributed by atoms with Crippen LogP contribution in [0.5, 0.6) is 5.75 Å². The summed E-state index contributed by atoms with van der Waals surface area (Å²) in [6, 6.07) is 7.85. The number of halogens is 1. The van der Waals surface area contributed by atoms with Crippen molar-refractivity contribution in [1.29, 1.82) is 0 Å². The molecule has 17 heavy (non-hydrogen) atoms. The third-order valence-corrected chi connectivity index (χ3v) is 2.46. The van der Waals surface area contributed by atoms with E-state index in [4.69, 9.17) is 10.5 Å². The highest BCUT2D eigenvalue weighted by Gasteiger charge is 2.04. The molecule has 0 radical (unpaired) electrons. The van der Waals surface area contributed by atoms with E-state index in [9.17, 15) is 4.39 Å². The molecule has 1 heterocycles. The first-order valence-corrected chi connectivity index (χ1v) is 5.25. The van der Waals surface area contributed by atoms with Crippen molar-refractivity contribution in [2.75, 3.05) is 5.73 Å². The van der Waals surface area contributed by atoms with Crippen molar-refractivity contribution in [2.24, 2.45) is 0 Å². The fourth-order valence-corrected chi connectivity index (χ4v) is 1.45. The molecular weight excluding hydrogens is 219 g/mol. The summed E-state index contributed by atoms with van der Waals surface area (Å²) in [5, 5.41) is 0. The quantitative estimate of drug-likeness (QED) is 0.828. The van der Waals surface area contributed by atoms with Gasteiger partial charge in [-0.05, 0) is 30.7 Å². The number of hydrogen-bond donors (Lipinski definition) is 1. The van der Waals surface area contributed by atoms with E-state index in [2.05, 4.69) is 4.98 Å². The summed E-state index contributed by atoms with van der Waals surface area (Å²) in [4.78, 5) is 4.19. The zero-order valence-electron chi connectivity index (χ0n) is 9.48. The number of aromatic nitrogens is 1. The molecule has 0 spiro atoms. The first-order chi connectivity index (χ1) is 8.16. The molecule has 88 valence electrons. The highest BCUT2D eigenvalue weighted by Crippen LogP contribution is 2.23. The van der Waals surface area contributed by atoms with E-state index in [1.54, 1.807) is 6.20 Å². The molecule has 0 aliphatic rings. The Morgan fingerprint density at radius 3 is 2.94 bits per heavy atom. The van der Waals surface area contributed by atoms with Gasteiger partial charge in [0, 0.05) is 12.3 Å². The Bertz CT molecular complexity index is 529. The van der Waals surface area contributed by atoms with Gasteiger partial charge in [0.05, 0.1) is 11.4 Å². The normalized spacial score (nSPS) is 10.2. The van der Waals surface area contributed by atoms with E-state index in [1.165, 1.54) is 18.2 Å². The molecule has 0 unspecified atom stereocenters. The number of nitrogen functional groups attached to an aromatic ring is 1. The third kappa shape index (κ3) is 2.72. The van der Waals surface area contributed by atoms with Crippen LogP contribution >= 0.6 is 0 Å². The standard InChI is InChI=1S/C13H13FN2O/c1-9-3-2-6-16-12(9)8-17-13-7-10(14)4-5-11(13)15/h2-7H,8,15H2,1H3. The summed E-state index contributed by atoms with van der Waals surface area (Å²) in [5.74, 6) is -0.0259. The lowest BCUT2D eigenvalue weighted by Gasteiger charge is -2.09. The second-order valence-corrected chi connectivity index (χ2v) is 3.74. The van der Waals surface area contributed by atoms with Crippen LogP contribution in [0.2, 0.25) is 0 Å². The maximum absolute atomic E-state index is 13.0. The van der Waals surface area contributed by atoms with Gasteiger partial charge in [-0.1, -0.05) is 6.07 Å². The Balaban J connectivity index is 2.12. The van der Waals surface area contributed by atoms with Crippen molar-refractivity contribution in [1.82, 2.24) is 4.98 Å². The Kier molecular flexibility index (Phi) is 3.23. The zero-order chi connectivity index (χ0) is 12.3. The summed E-state index contributed by atoms with van der Waals surface area (Å²) in [6.45, 7) is 2.22. The first-order valence-electron chi connectivity index (χ1n) is 5.25. The predicted molar refractivity (Wildman–Crippen MR) is 64.1 cm³/mol. The molecule has 0 bridgehead atoms. The Morgan fingerprint density at radius 1 is 1.35 bits per heavy atom. The number of hydrogen-bond acceptors (Lipinski definition) is 3. The summed E-state index contributed by atoms with van der Waals surface area (Å²) >= 11 is 0. The molecule has 4 heteroatoms. The predicted octanol–water partition coefficient (Wildman–Crippen LogP) is 2.69. The Morgan fingerprint density at radius 2 is 2.18 bits per heavy atom. The van der Waals surface area contributed by atoms with Gasteiger partial charge in [0.1, 0.15) is 18.2 Å². The molecule has 0 atom stereocenters. The minimum absolute atomic E-state index is 0.278. The van der Waals surface area contributed by atoms with Crippen LogP contribution in [0.15, 0.2) is 36.5 Å². The van der Waals surface area contributed by atoms with Crippen molar-refractivity contribution in [3.63, 3.8) is 0 Å². The SMILES string of the molecule is Cc1cccnc1COc1cc(F)ccc1N. The van der Waals surface area contributed by atoms with E-state index in [1.807, 2.05) is 19.1 Å². The number of rotatable bonds is 3. The lowest BCUT2D eigenvalue weighted by Crippen LogP contribution is -2.02. The molecule has 2 rings (SSSR count). The third-order valence-electron chi connectivity index (χ3n) is 2.46. The molecule has 0 saturated carbocycles. The fourth-order valence-electron chi connectivity index (χ4n) is 1.45. The molecule has 3 nitrogen and oxygen atoms in total. The lowest BCUT2D eigenvalue weighted by atomic mass is 10.2. The largest absolute Gasteiger partial charge is 0.485 e. The molecule has 0 aliphatic carbocycles. The topological polar surface area (TPSA) is 48.1 Å². The maximum atomic E-state index is 13.0. The van der Waals surface area contributed by atoms with Gasteiger partial charge in [0.2, 0.25) is 0 Å². The summed E-state index contributed by atoms with van der Waals surface area (Å²) in [7, 11) is 0. The number of benzene rings is 1. The number of ether oxygens (including phenoxy) is 1. The van der Waals surface area contributed by atoms with Gasteiger partial charge in [0.15, 0.2) is 0 Å². The smallest absolute Gasteiger partial charge is 0.145 e. The van der Waals surface area contributed by atoms with Gasteiger partial charge in [-0.15, -0.1) is 0 Å². The van der Waals surface area contributed by atoms with Crippen LogP contribution in [0.25, 0.3) is 0 Å². The fraction of sp³-hybridized carbons (Fsp3) is 0.154. The molecule has 2 aromatic rings. The minimum Gasteiger partial charge on any atom is -0.485 e. The summed E-state index contributed by atoms with van der Waals surface area (Å²) in [5.41, 5.74) is 7.94. The van der Waals surface area contributed by atoms with Crippen molar-refractivity contribution in [2.45, 2.75) is 13.5 Å². The average Bonchev–Trinajstić information content (AvgIpc) is 2.32. The molecule has 0 saturated heterocycles. The average molecular weight is 232 g/mol. The first kappa shape index (κ1) is 11.4. The molecule has 0 fully saturated rings. The van der Waals surface area contributed by atoms with Gasteiger partial charge in [0.25, 0.3) is 0 Å². The van der Waals surface area contributed by atoms with Gasteiger partial charge >= 0.3 is 0 Å². The van der Waals surface area contributed by atoms with E-state index in [0.717, 1.165) is 11.3 Å². The molecule has 0 amide bonds. The number of anilines is 1. The minimum atomic E-state index is -0.369. The summed E-state index contributed by atoms with van der Waals surface area (Å²) in [6.07, 6.45) is 1.70. The molecule has 1 aromatic heterocycles. The number of pyridine rings is 1. The number of nitrogens with zero attached hydrogens (tertiary/aromatic N) is 1. The van der Waals surface area contributed by atoms with Crippen molar-refractivity contribution >= 4 is 5.69 Å². The Hall–Kier alpha value is -2.10. The van der Waals surface area contributed by atoms with Crippen LogP contribution in [0, 0.1) is 12.7 Å². The second kappa shape index (κ2) is 4.82. The summed E-state index contributed by atoms with van der Waals surface area (Å²) < 4.78 is 18.5. The Labute approximate surface area is 99.1 Å². The molecule has 0 aliphatic heterocycles. The number of aryl methyl sites for hydroxylation is 1. The van der Waals surface area contributed by atoms with Crippen LogP contribution in [0.4, 0.5) is 10.1 Å². The maximum Gasteiger partial charge on any atom is 0.145 e. The van der Waals surface area contributed by atoms with Gasteiger partial charge in [-0.3, -0.25) is 4.98 Å². The van der Waals surface area contributed by atoms with Crippen molar-refractivity contribution < 1.29 is 9.13 Å². The molecular formula is C13H13FN2O. The van der Waals surface area contributed by atoms with Crippen LogP contribution in [-0.4, -0.2) is 4.98 Å². The van der Waals surface area contributed by atoms with Gasteiger partial charge in [-0.2, -0.15) is 0 Å². The van der Waals surface area contributed by atoms with Crippen LogP contribution < -0.4 is 10.5 Å². The highest BCUT2D eigenvalue weighted by molar-refractivity contribution is 5.52. The molecule has 2 N–H and O–H groups in total. The number of nitrogens with two attached hydrogens (primary N) is 1. The van der Waals surface area contributed by atoms with E-state index in [-0.39, 0.29) is 12.4 Å². The van der Waals surface area contributed by atoms with E-state index in [0.29, 0.717) is 11.4 Å². The monoisotopic (exact) mass is 232 g/mol. The van der Waals surface area contributed by atoms with Crippen LogP contribution in [0.1, 0.15) is 11.3 Å². The van der Waals surface area contributed by atoms with Gasteiger partial charge < -0.3 is 10.5 Å². The zero-order valence-corrected chi connectivity index (χ0v) is 9.48. The van der Waals surface area contributed by atoms with E-state index < -0.39 is 0 Å². The van der Waals surface area contributed by atoms with Gasteiger partial charge in [-0.25, -0.2) is 4.39 Å². The highest BCUT2D eigenvalue weighted by atomic mass is 19.1. The molecule has 1 aromatic carbocycles. The van der Waals surface area contributed by atoms with Crippen molar-refractivity contribution in [3.8, 4) is 5.75 Å². The van der Waals surface area contributed by atoms with Crippen LogP contribution in [-0.2, 0) is 6.61 Å². The van der Waals surface area contributed by atoms with Crippen molar-refractivity contribution in [3.05, 3.63) is 53.6 Å². The van der Waals surface area contributed by atoms with E-state index >= 15 is 0 Å².